The van der Waals surface area contributed by atoms with Crippen molar-refractivity contribution < 1.29 is 4.21 Å². The van der Waals surface area contributed by atoms with E-state index in [1.165, 1.54) is 0 Å². The normalized spacial score (nSPS) is 14.2. The van der Waals surface area contributed by atoms with Gasteiger partial charge in [-0.2, -0.15) is 0 Å². The summed E-state index contributed by atoms with van der Waals surface area (Å²) < 4.78 is 14.4. The van der Waals surface area contributed by atoms with E-state index in [4.69, 9.17) is 0 Å². The van der Waals surface area contributed by atoms with Crippen molar-refractivity contribution in [3.05, 3.63) is 45.3 Å². The Balaban J connectivity index is 2.21. The van der Waals surface area contributed by atoms with E-state index in [2.05, 4.69) is 31.9 Å². The Morgan fingerprint density at radius 2 is 1.35 bits per heavy atom. The van der Waals surface area contributed by atoms with E-state index in [0.717, 1.165) is 28.5 Å². The number of halogens is 2. The molecule has 0 bridgehead atoms. The van der Waals surface area contributed by atoms with Crippen LogP contribution in [0.3, 0.4) is 0 Å². The number of benzene rings is 2. The molecule has 0 aromatic heterocycles. The summed E-state index contributed by atoms with van der Waals surface area (Å²) in [6, 6.07) is 11.7. The third-order valence-electron chi connectivity index (χ3n) is 2.43. The standard InChI is InChI=1S/C12H6Br2OS2/c13-7-1-3-11-9(5-7)16-10-6-8(14)2-4-12(10)17(11)15/h1-6H. The molecule has 3 rings (SSSR count). The number of rotatable bonds is 0. The highest BCUT2D eigenvalue weighted by molar-refractivity contribution is 9.10. The lowest BCUT2D eigenvalue weighted by molar-refractivity contribution is 0.679. The second-order valence-electron chi connectivity index (χ2n) is 3.55. The van der Waals surface area contributed by atoms with Gasteiger partial charge in [-0.05, 0) is 36.4 Å². The fourth-order valence-electron chi connectivity index (χ4n) is 1.67. The molecule has 86 valence electrons. The number of fused-ring (bicyclic) bond motifs is 2. The molecule has 0 saturated carbocycles. The molecule has 1 heterocycles. The highest BCUT2D eigenvalue weighted by Crippen LogP contribution is 2.44. The summed E-state index contributed by atoms with van der Waals surface area (Å²) in [5, 5.41) is 0. The van der Waals surface area contributed by atoms with E-state index in [0.29, 0.717) is 0 Å². The van der Waals surface area contributed by atoms with Crippen molar-refractivity contribution in [2.45, 2.75) is 19.6 Å². The Morgan fingerprint density at radius 1 is 0.882 bits per heavy atom. The van der Waals surface area contributed by atoms with Crippen LogP contribution in [0, 0.1) is 0 Å². The van der Waals surface area contributed by atoms with Crippen molar-refractivity contribution in [3.63, 3.8) is 0 Å². The fourth-order valence-corrected chi connectivity index (χ4v) is 5.45. The maximum atomic E-state index is 12.4. The van der Waals surface area contributed by atoms with Crippen molar-refractivity contribution in [1.82, 2.24) is 0 Å². The second-order valence-corrected chi connectivity index (χ2v) is 7.89. The zero-order valence-corrected chi connectivity index (χ0v) is 13.2. The summed E-state index contributed by atoms with van der Waals surface area (Å²) in [4.78, 5) is 3.91. The molecule has 2 aromatic carbocycles. The molecule has 1 aliphatic heterocycles. The summed E-state index contributed by atoms with van der Waals surface area (Å²) in [6.07, 6.45) is 0. The van der Waals surface area contributed by atoms with Crippen molar-refractivity contribution in [3.8, 4) is 0 Å². The highest BCUT2D eigenvalue weighted by atomic mass is 79.9. The van der Waals surface area contributed by atoms with Gasteiger partial charge in [-0.1, -0.05) is 43.6 Å². The van der Waals surface area contributed by atoms with Crippen molar-refractivity contribution in [2.75, 3.05) is 0 Å². The lowest BCUT2D eigenvalue weighted by Crippen LogP contribution is -2.02. The van der Waals surface area contributed by atoms with Gasteiger partial charge in [0.25, 0.3) is 0 Å². The van der Waals surface area contributed by atoms with Gasteiger partial charge in [0.2, 0.25) is 0 Å². The predicted octanol–water partition coefficient (Wildman–Crippen LogP) is 4.84. The quantitative estimate of drug-likeness (QED) is 0.547. The molecule has 0 aliphatic carbocycles. The Bertz CT molecular complexity index is 587. The average Bonchev–Trinajstić information content (AvgIpc) is 2.28. The van der Waals surface area contributed by atoms with E-state index in [9.17, 15) is 4.21 Å². The molecule has 0 saturated heterocycles. The number of hydrogen-bond donors (Lipinski definition) is 0. The summed E-state index contributed by atoms with van der Waals surface area (Å²) in [5.74, 6) is 0. The SMILES string of the molecule is O=S1c2ccc(Br)cc2Sc2cc(Br)ccc21. The van der Waals surface area contributed by atoms with E-state index < -0.39 is 10.8 Å². The molecular weight excluding hydrogens is 384 g/mol. The zero-order valence-electron chi connectivity index (χ0n) is 8.44. The largest absolute Gasteiger partial charge is 0.249 e. The van der Waals surface area contributed by atoms with Gasteiger partial charge in [0.05, 0.1) is 20.6 Å². The molecule has 0 amide bonds. The van der Waals surface area contributed by atoms with Crippen LogP contribution in [0.15, 0.2) is 64.9 Å². The second kappa shape index (κ2) is 4.53. The minimum atomic E-state index is -1.07. The Labute approximate surface area is 123 Å². The van der Waals surface area contributed by atoms with Gasteiger partial charge in [0.1, 0.15) is 0 Å². The molecule has 5 heteroatoms. The van der Waals surface area contributed by atoms with Crippen LogP contribution in [0.1, 0.15) is 0 Å². The Hall–Kier alpha value is -0.100. The molecule has 2 aromatic rings. The molecule has 0 fully saturated rings. The van der Waals surface area contributed by atoms with Gasteiger partial charge in [0.15, 0.2) is 0 Å². The first-order valence-electron chi connectivity index (χ1n) is 4.84. The summed E-state index contributed by atoms with van der Waals surface area (Å²) in [7, 11) is -1.07. The maximum absolute atomic E-state index is 12.4. The molecule has 17 heavy (non-hydrogen) atoms. The third-order valence-corrected chi connectivity index (χ3v) is 6.30. The third kappa shape index (κ3) is 2.14. The van der Waals surface area contributed by atoms with Gasteiger partial charge in [0, 0.05) is 18.7 Å². The Morgan fingerprint density at radius 3 is 1.82 bits per heavy atom. The van der Waals surface area contributed by atoms with Crippen molar-refractivity contribution in [1.29, 1.82) is 0 Å². The van der Waals surface area contributed by atoms with E-state index >= 15 is 0 Å². The number of hydrogen-bond acceptors (Lipinski definition) is 2. The van der Waals surface area contributed by atoms with Crippen LogP contribution in [0.25, 0.3) is 0 Å². The molecule has 1 nitrogen and oxygen atoms in total. The van der Waals surface area contributed by atoms with Gasteiger partial charge < -0.3 is 0 Å². The predicted molar refractivity (Wildman–Crippen MR) is 77.1 cm³/mol. The van der Waals surface area contributed by atoms with Crippen LogP contribution in [0.5, 0.6) is 0 Å². The fraction of sp³-hybridized carbons (Fsp3) is 0. The van der Waals surface area contributed by atoms with Crippen molar-refractivity contribution in [2.24, 2.45) is 0 Å². The topological polar surface area (TPSA) is 17.1 Å². The highest BCUT2D eigenvalue weighted by Gasteiger charge is 2.22. The van der Waals surface area contributed by atoms with Crippen LogP contribution in [0.4, 0.5) is 0 Å². The molecular formula is C12H6Br2OS2. The first-order valence-corrected chi connectivity index (χ1v) is 8.39. The lowest BCUT2D eigenvalue weighted by Gasteiger charge is -2.18. The average molecular weight is 390 g/mol. The van der Waals surface area contributed by atoms with Gasteiger partial charge >= 0.3 is 0 Å². The van der Waals surface area contributed by atoms with Gasteiger partial charge in [-0.25, -0.2) is 4.21 Å². The Kier molecular flexibility index (Phi) is 3.19. The minimum absolute atomic E-state index is 0.896. The van der Waals surface area contributed by atoms with Crippen LogP contribution in [-0.4, -0.2) is 4.21 Å². The molecule has 0 spiro atoms. The molecule has 0 N–H and O–H groups in total. The first-order chi connectivity index (χ1) is 8.15. The molecule has 1 aliphatic rings. The van der Waals surface area contributed by atoms with Crippen LogP contribution in [0.2, 0.25) is 0 Å². The minimum Gasteiger partial charge on any atom is -0.249 e. The van der Waals surface area contributed by atoms with Gasteiger partial charge in [-0.15, -0.1) is 0 Å². The first kappa shape index (κ1) is 12.0. The lowest BCUT2D eigenvalue weighted by atomic mass is 10.3. The zero-order chi connectivity index (χ0) is 12.0. The maximum Gasteiger partial charge on any atom is 0.0872 e. The smallest absolute Gasteiger partial charge is 0.0872 e. The van der Waals surface area contributed by atoms with Crippen LogP contribution < -0.4 is 0 Å². The van der Waals surface area contributed by atoms with Crippen molar-refractivity contribution >= 4 is 54.4 Å². The molecule has 0 atom stereocenters. The van der Waals surface area contributed by atoms with E-state index in [1.54, 1.807) is 11.8 Å². The van der Waals surface area contributed by atoms with E-state index in [1.807, 2.05) is 36.4 Å². The molecule has 0 radical (unpaired) electrons. The molecule has 0 unspecified atom stereocenters. The monoisotopic (exact) mass is 388 g/mol. The van der Waals surface area contributed by atoms with E-state index in [-0.39, 0.29) is 0 Å². The van der Waals surface area contributed by atoms with Gasteiger partial charge in [-0.3, -0.25) is 0 Å². The summed E-state index contributed by atoms with van der Waals surface area (Å²) in [5.41, 5.74) is 0. The summed E-state index contributed by atoms with van der Waals surface area (Å²) in [6.45, 7) is 0. The van der Waals surface area contributed by atoms with Crippen LogP contribution in [-0.2, 0) is 10.8 Å². The summed E-state index contributed by atoms with van der Waals surface area (Å²) >= 11 is 8.55. The van der Waals surface area contributed by atoms with Crippen LogP contribution >= 0.6 is 43.6 Å².